The van der Waals surface area contributed by atoms with Gasteiger partial charge in [-0.25, -0.2) is 9.59 Å². The molecule has 24 heavy (non-hydrogen) atoms. The fourth-order valence-corrected chi connectivity index (χ4v) is 1.59. The van der Waals surface area contributed by atoms with Gasteiger partial charge in [-0.05, 0) is 11.1 Å². The molecule has 2 aromatic carbocycles. The largest absolute Gasteiger partial charge is 0.536 e. The lowest BCUT2D eigenvalue weighted by molar-refractivity contribution is 0.0106. The normalized spacial score (nSPS) is 10.2. The molecule has 0 spiro atoms. The van der Waals surface area contributed by atoms with Gasteiger partial charge in [-0.1, -0.05) is 60.7 Å². The maximum Gasteiger partial charge on any atom is 0.536 e. The molecular weight excluding hydrogens is 316 g/mol. The summed E-state index contributed by atoms with van der Waals surface area (Å²) in [5, 5.41) is 5.81. The van der Waals surface area contributed by atoms with E-state index in [2.05, 4.69) is 20.2 Å². The lowest BCUT2D eigenvalue weighted by Gasteiger charge is -2.02. The second kappa shape index (κ2) is 9.57. The van der Waals surface area contributed by atoms with E-state index in [0.29, 0.717) is 0 Å². The van der Waals surface area contributed by atoms with E-state index in [-0.39, 0.29) is 13.2 Å². The number of hydrogen-bond donors (Lipinski definition) is 0. The summed E-state index contributed by atoms with van der Waals surface area (Å²) in [6.45, 7) is 0.0460. The predicted molar refractivity (Wildman–Crippen MR) is 80.3 cm³/mol. The van der Waals surface area contributed by atoms with E-state index in [1.165, 1.54) is 0 Å². The third-order valence-electron chi connectivity index (χ3n) is 2.66. The van der Waals surface area contributed by atoms with Crippen LogP contribution in [0.5, 0.6) is 0 Å². The predicted octanol–water partition coefficient (Wildman–Crippen LogP) is 3.98. The Morgan fingerprint density at radius 1 is 0.667 bits per heavy atom. The van der Waals surface area contributed by atoms with Crippen LogP contribution >= 0.6 is 0 Å². The smallest absolute Gasteiger partial charge is 0.428 e. The van der Waals surface area contributed by atoms with E-state index in [1.54, 1.807) is 48.5 Å². The average molecular weight is 330 g/mol. The van der Waals surface area contributed by atoms with Gasteiger partial charge in [-0.3, -0.25) is 9.68 Å². The molecule has 0 unspecified atom stereocenters. The molecule has 0 aliphatic rings. The van der Waals surface area contributed by atoms with Crippen molar-refractivity contribution in [3.63, 3.8) is 0 Å². The van der Waals surface area contributed by atoms with Gasteiger partial charge in [0.1, 0.15) is 13.2 Å². The fraction of sp³-hybridized carbons (Fsp3) is 0.125. The number of nitrogens with zero attached hydrogens (tertiary/aromatic N) is 2. The quantitative estimate of drug-likeness (QED) is 0.451. The van der Waals surface area contributed by atoms with Crippen molar-refractivity contribution in [2.45, 2.75) is 13.2 Å². The van der Waals surface area contributed by atoms with Crippen LogP contribution in [0.25, 0.3) is 0 Å². The molecule has 8 nitrogen and oxygen atoms in total. The first-order valence-corrected chi connectivity index (χ1v) is 6.90. The van der Waals surface area contributed by atoms with Gasteiger partial charge >= 0.3 is 12.3 Å². The van der Waals surface area contributed by atoms with E-state index >= 15 is 0 Å². The van der Waals surface area contributed by atoms with Gasteiger partial charge in [0.2, 0.25) is 0 Å². The highest BCUT2D eigenvalue weighted by Gasteiger charge is 2.06. The zero-order chi connectivity index (χ0) is 17.0. The second-order valence-electron chi connectivity index (χ2n) is 4.39. The number of ether oxygens (including phenoxy) is 2. The number of hydrogen-bond acceptors (Lipinski definition) is 8. The van der Waals surface area contributed by atoms with Crippen molar-refractivity contribution in [3.8, 4) is 0 Å². The van der Waals surface area contributed by atoms with Crippen LogP contribution in [0.4, 0.5) is 9.59 Å². The maximum atomic E-state index is 11.2. The molecule has 124 valence electrons. The standard InChI is InChI=1S/C16H14N2O6/c19-15(21-11-13-7-3-1-4-8-13)23-17-18-24-16(20)22-12-14-9-5-2-6-10-14/h1-10H,11-12H2. The third kappa shape index (κ3) is 6.56. The van der Waals surface area contributed by atoms with Crippen molar-refractivity contribution in [3.05, 3.63) is 71.8 Å². The second-order valence-corrected chi connectivity index (χ2v) is 4.39. The van der Waals surface area contributed by atoms with Crippen molar-refractivity contribution in [1.29, 1.82) is 0 Å². The molecule has 0 N–H and O–H groups in total. The van der Waals surface area contributed by atoms with Gasteiger partial charge in [0, 0.05) is 0 Å². The highest BCUT2D eigenvalue weighted by atomic mass is 16.9. The minimum absolute atomic E-state index is 0.0230. The molecule has 0 aromatic heterocycles. The van der Waals surface area contributed by atoms with Gasteiger partial charge in [0.25, 0.3) is 0 Å². The summed E-state index contributed by atoms with van der Waals surface area (Å²) in [7, 11) is 0. The molecule has 0 saturated heterocycles. The number of carbonyl (C=O) groups is 2. The minimum Gasteiger partial charge on any atom is -0.428 e. The summed E-state index contributed by atoms with van der Waals surface area (Å²) >= 11 is 0. The zero-order valence-electron chi connectivity index (χ0n) is 12.5. The molecule has 0 aliphatic carbocycles. The summed E-state index contributed by atoms with van der Waals surface area (Å²) in [6, 6.07) is 18.0. The van der Waals surface area contributed by atoms with Gasteiger partial charge < -0.3 is 9.47 Å². The molecular formula is C16H14N2O6. The Morgan fingerprint density at radius 2 is 1.04 bits per heavy atom. The van der Waals surface area contributed by atoms with Gasteiger partial charge in [0.05, 0.1) is 10.6 Å². The number of benzene rings is 2. The fourth-order valence-electron chi connectivity index (χ4n) is 1.59. The van der Waals surface area contributed by atoms with E-state index < -0.39 is 12.3 Å². The SMILES string of the molecule is O=C(OCc1ccccc1)ON=NOC(=O)OCc1ccccc1. The van der Waals surface area contributed by atoms with Crippen molar-refractivity contribution in [2.75, 3.05) is 0 Å². The molecule has 8 heteroatoms. The molecule has 0 heterocycles. The topological polar surface area (TPSA) is 95.8 Å². The Hall–Kier alpha value is -3.42. The summed E-state index contributed by atoms with van der Waals surface area (Å²) in [5.41, 5.74) is 1.57. The minimum atomic E-state index is -1.08. The van der Waals surface area contributed by atoms with Crippen molar-refractivity contribution in [2.24, 2.45) is 10.6 Å². The Kier molecular flexibility index (Phi) is 6.75. The summed E-state index contributed by atoms with van der Waals surface area (Å²) < 4.78 is 9.51. The Bertz CT molecular complexity index is 616. The first-order valence-electron chi connectivity index (χ1n) is 6.90. The molecule has 0 amide bonds. The van der Waals surface area contributed by atoms with E-state index in [9.17, 15) is 9.59 Å². The van der Waals surface area contributed by atoms with Gasteiger partial charge in [0.15, 0.2) is 0 Å². The van der Waals surface area contributed by atoms with Crippen molar-refractivity contribution >= 4 is 12.3 Å². The number of carbonyl (C=O) groups excluding carboxylic acids is 2. The lowest BCUT2D eigenvalue weighted by atomic mass is 10.2. The van der Waals surface area contributed by atoms with Crippen LogP contribution in [0.2, 0.25) is 0 Å². The van der Waals surface area contributed by atoms with Crippen LogP contribution in [0.3, 0.4) is 0 Å². The lowest BCUT2D eigenvalue weighted by Crippen LogP contribution is -2.05. The molecule has 0 bridgehead atoms. The van der Waals surface area contributed by atoms with Crippen LogP contribution in [-0.4, -0.2) is 12.3 Å². The van der Waals surface area contributed by atoms with Crippen LogP contribution in [0.1, 0.15) is 11.1 Å². The molecule has 2 rings (SSSR count). The molecule has 0 saturated carbocycles. The van der Waals surface area contributed by atoms with E-state index in [1.807, 2.05) is 12.1 Å². The first kappa shape index (κ1) is 16.9. The van der Waals surface area contributed by atoms with Crippen molar-refractivity contribution in [1.82, 2.24) is 0 Å². The monoisotopic (exact) mass is 330 g/mol. The zero-order valence-corrected chi connectivity index (χ0v) is 12.5. The first-order chi connectivity index (χ1) is 11.7. The van der Waals surface area contributed by atoms with Gasteiger partial charge in [-0.15, -0.1) is 0 Å². The third-order valence-corrected chi connectivity index (χ3v) is 2.66. The van der Waals surface area contributed by atoms with Crippen LogP contribution in [-0.2, 0) is 32.4 Å². The van der Waals surface area contributed by atoms with Gasteiger partial charge in [-0.2, -0.15) is 0 Å². The Labute approximate surface area is 137 Å². The van der Waals surface area contributed by atoms with E-state index in [0.717, 1.165) is 11.1 Å². The maximum absolute atomic E-state index is 11.2. The van der Waals surface area contributed by atoms with E-state index in [4.69, 9.17) is 9.47 Å². The molecule has 0 fully saturated rings. The van der Waals surface area contributed by atoms with Crippen molar-refractivity contribution < 1.29 is 28.7 Å². The van der Waals surface area contributed by atoms with Crippen LogP contribution < -0.4 is 0 Å². The highest BCUT2D eigenvalue weighted by Crippen LogP contribution is 2.03. The number of rotatable bonds is 6. The summed E-state index contributed by atoms with van der Waals surface area (Å²) in [4.78, 5) is 30.9. The highest BCUT2D eigenvalue weighted by molar-refractivity contribution is 5.60. The molecule has 0 aliphatic heterocycles. The average Bonchev–Trinajstić information content (AvgIpc) is 2.63. The van der Waals surface area contributed by atoms with Crippen LogP contribution in [0, 0.1) is 0 Å². The Balaban J connectivity index is 1.59. The summed E-state index contributed by atoms with van der Waals surface area (Å²) in [6.07, 6.45) is -2.16. The molecule has 0 radical (unpaired) electrons. The molecule has 2 aromatic rings. The van der Waals surface area contributed by atoms with Crippen LogP contribution in [0.15, 0.2) is 71.2 Å². The molecule has 0 atom stereocenters. The Morgan fingerprint density at radius 3 is 1.42 bits per heavy atom. The summed E-state index contributed by atoms with van der Waals surface area (Å²) in [5.74, 6) is 0.